The summed E-state index contributed by atoms with van der Waals surface area (Å²) in [5, 5.41) is 14.5. The fraction of sp³-hybridized carbons (Fsp3) is 0.458. The van der Waals surface area contributed by atoms with E-state index < -0.39 is 12.0 Å². The topological polar surface area (TPSA) is 105 Å². The Balaban J connectivity index is 2.75. The highest BCUT2D eigenvalue weighted by Gasteiger charge is 2.24. The Kier molecular flexibility index (Phi) is 12.6. The van der Waals surface area contributed by atoms with Gasteiger partial charge in [-0.25, -0.2) is 0 Å². The van der Waals surface area contributed by atoms with Gasteiger partial charge in [0, 0.05) is 18.9 Å². The SMILES string of the molecule is C=CCCCC(=O)O[C@@H](CNC(=O)[C@@H](CC=C)CC(=O)N[C@H](C)CO)c1ccccc1. The van der Waals surface area contributed by atoms with Gasteiger partial charge in [-0.15, -0.1) is 13.2 Å². The number of nitrogens with one attached hydrogen (secondary N) is 2. The second-order valence-corrected chi connectivity index (χ2v) is 7.39. The fourth-order valence-corrected chi connectivity index (χ4v) is 2.93. The van der Waals surface area contributed by atoms with E-state index in [1.165, 1.54) is 0 Å². The summed E-state index contributed by atoms with van der Waals surface area (Å²) in [4.78, 5) is 37.0. The number of rotatable bonds is 15. The molecular weight excluding hydrogens is 396 g/mol. The smallest absolute Gasteiger partial charge is 0.306 e. The van der Waals surface area contributed by atoms with Crippen LogP contribution in [0.3, 0.4) is 0 Å². The molecular formula is C24H34N2O5. The molecule has 1 aromatic carbocycles. The lowest BCUT2D eigenvalue weighted by Crippen LogP contribution is -2.40. The predicted octanol–water partition coefficient (Wildman–Crippen LogP) is 2.82. The third-order valence-electron chi connectivity index (χ3n) is 4.63. The number of ether oxygens (including phenoxy) is 1. The average molecular weight is 431 g/mol. The standard InChI is InChI=1S/C24H34N2O5/c1-4-6-8-14-23(29)31-21(19-12-9-7-10-13-19)16-25-24(30)20(11-5-2)15-22(28)26-18(3)17-27/h4-5,7,9-10,12-13,18,20-21,27H,1-2,6,8,11,14-17H2,3H3,(H,25,30)(H,26,28)/t18-,20+,21+/m1/s1. The molecule has 1 rings (SSSR count). The largest absolute Gasteiger partial charge is 0.456 e. The number of carbonyl (C=O) groups excluding carboxylic acids is 3. The Morgan fingerprint density at radius 3 is 2.48 bits per heavy atom. The molecule has 0 saturated heterocycles. The van der Waals surface area contributed by atoms with E-state index in [1.807, 2.05) is 30.3 Å². The van der Waals surface area contributed by atoms with Crippen LogP contribution in [0.15, 0.2) is 55.6 Å². The van der Waals surface area contributed by atoms with Crippen molar-refractivity contribution in [3.05, 3.63) is 61.2 Å². The lowest BCUT2D eigenvalue weighted by molar-refractivity contribution is -0.150. The number of aliphatic hydroxyl groups excluding tert-OH is 1. The van der Waals surface area contributed by atoms with Gasteiger partial charge in [-0.05, 0) is 31.7 Å². The first-order valence-electron chi connectivity index (χ1n) is 10.5. The van der Waals surface area contributed by atoms with Crippen LogP contribution in [0.4, 0.5) is 0 Å². The molecule has 0 fully saturated rings. The predicted molar refractivity (Wildman–Crippen MR) is 120 cm³/mol. The zero-order valence-corrected chi connectivity index (χ0v) is 18.2. The van der Waals surface area contributed by atoms with Crippen molar-refractivity contribution in [2.24, 2.45) is 5.92 Å². The first-order valence-corrected chi connectivity index (χ1v) is 10.5. The zero-order chi connectivity index (χ0) is 23.1. The van der Waals surface area contributed by atoms with E-state index in [0.29, 0.717) is 12.8 Å². The van der Waals surface area contributed by atoms with Crippen molar-refractivity contribution in [3.63, 3.8) is 0 Å². The molecule has 0 radical (unpaired) electrons. The second-order valence-electron chi connectivity index (χ2n) is 7.39. The summed E-state index contributed by atoms with van der Waals surface area (Å²) >= 11 is 0. The molecule has 0 spiro atoms. The van der Waals surface area contributed by atoms with Crippen molar-refractivity contribution in [1.29, 1.82) is 0 Å². The van der Waals surface area contributed by atoms with Crippen molar-refractivity contribution in [3.8, 4) is 0 Å². The summed E-state index contributed by atoms with van der Waals surface area (Å²) < 4.78 is 5.61. The van der Waals surface area contributed by atoms with E-state index in [-0.39, 0.29) is 49.8 Å². The molecule has 0 saturated carbocycles. The minimum atomic E-state index is -0.631. The van der Waals surface area contributed by atoms with E-state index >= 15 is 0 Å². The first-order chi connectivity index (χ1) is 14.9. The van der Waals surface area contributed by atoms with Crippen LogP contribution >= 0.6 is 0 Å². The van der Waals surface area contributed by atoms with Crippen LogP contribution in [0.25, 0.3) is 0 Å². The van der Waals surface area contributed by atoms with E-state index in [9.17, 15) is 14.4 Å². The molecule has 0 bridgehead atoms. The second kappa shape index (κ2) is 15.0. The molecule has 0 aliphatic carbocycles. The van der Waals surface area contributed by atoms with E-state index in [2.05, 4.69) is 23.8 Å². The molecule has 31 heavy (non-hydrogen) atoms. The summed E-state index contributed by atoms with van der Waals surface area (Å²) in [6, 6.07) is 8.81. The Hall–Kier alpha value is -2.93. The van der Waals surface area contributed by atoms with Crippen LogP contribution in [-0.4, -0.2) is 42.1 Å². The fourth-order valence-electron chi connectivity index (χ4n) is 2.93. The molecule has 0 heterocycles. The maximum atomic E-state index is 12.7. The van der Waals surface area contributed by atoms with Crippen LogP contribution in [0.5, 0.6) is 0 Å². The number of unbranched alkanes of at least 4 members (excludes halogenated alkanes) is 1. The van der Waals surface area contributed by atoms with Gasteiger partial charge < -0.3 is 20.5 Å². The minimum Gasteiger partial charge on any atom is -0.456 e. The van der Waals surface area contributed by atoms with Crippen LogP contribution in [0, 0.1) is 5.92 Å². The molecule has 170 valence electrons. The van der Waals surface area contributed by atoms with Crippen LogP contribution < -0.4 is 10.6 Å². The molecule has 3 N–H and O–H groups in total. The van der Waals surface area contributed by atoms with Gasteiger partial charge in [-0.1, -0.05) is 42.5 Å². The Morgan fingerprint density at radius 1 is 1.16 bits per heavy atom. The number of benzene rings is 1. The third kappa shape index (κ3) is 10.6. The van der Waals surface area contributed by atoms with Crippen molar-refractivity contribution < 1.29 is 24.2 Å². The molecule has 1 aromatic rings. The number of esters is 1. The summed E-state index contributed by atoms with van der Waals surface area (Å²) in [5.74, 6) is -1.60. The summed E-state index contributed by atoms with van der Waals surface area (Å²) in [6.07, 6.45) is 4.64. The number of hydrogen-bond acceptors (Lipinski definition) is 5. The molecule has 0 unspecified atom stereocenters. The lowest BCUT2D eigenvalue weighted by Gasteiger charge is -2.21. The quantitative estimate of drug-likeness (QED) is 0.225. The highest BCUT2D eigenvalue weighted by Crippen LogP contribution is 2.19. The van der Waals surface area contributed by atoms with Gasteiger partial charge in [-0.2, -0.15) is 0 Å². The number of carbonyl (C=O) groups is 3. The Morgan fingerprint density at radius 2 is 1.87 bits per heavy atom. The number of allylic oxidation sites excluding steroid dienone is 2. The maximum Gasteiger partial charge on any atom is 0.306 e. The first kappa shape index (κ1) is 26.1. The highest BCUT2D eigenvalue weighted by atomic mass is 16.5. The maximum absolute atomic E-state index is 12.7. The summed E-state index contributed by atoms with van der Waals surface area (Å²) in [5.41, 5.74) is 0.773. The molecule has 7 nitrogen and oxygen atoms in total. The number of aliphatic hydroxyl groups is 1. The van der Waals surface area contributed by atoms with Gasteiger partial charge in [0.25, 0.3) is 0 Å². The summed E-state index contributed by atoms with van der Waals surface area (Å²) in [7, 11) is 0. The summed E-state index contributed by atoms with van der Waals surface area (Å²) in [6.45, 7) is 8.89. The van der Waals surface area contributed by atoms with Crippen molar-refractivity contribution in [2.75, 3.05) is 13.2 Å². The van der Waals surface area contributed by atoms with Gasteiger partial charge >= 0.3 is 5.97 Å². The molecule has 0 aliphatic rings. The van der Waals surface area contributed by atoms with E-state index in [1.54, 1.807) is 19.1 Å². The van der Waals surface area contributed by atoms with Gasteiger partial charge in [0.15, 0.2) is 0 Å². The molecule has 0 aliphatic heterocycles. The van der Waals surface area contributed by atoms with Gasteiger partial charge in [0.1, 0.15) is 6.10 Å². The van der Waals surface area contributed by atoms with Crippen LogP contribution in [-0.2, 0) is 19.1 Å². The number of amides is 2. The van der Waals surface area contributed by atoms with Crippen LogP contribution in [0.2, 0.25) is 0 Å². The normalized spacial score (nSPS) is 13.4. The van der Waals surface area contributed by atoms with Gasteiger partial charge in [-0.3, -0.25) is 14.4 Å². The monoisotopic (exact) mass is 430 g/mol. The lowest BCUT2D eigenvalue weighted by atomic mass is 9.99. The Bertz CT molecular complexity index is 720. The van der Waals surface area contributed by atoms with Crippen molar-refractivity contribution in [2.45, 2.75) is 51.2 Å². The van der Waals surface area contributed by atoms with E-state index in [4.69, 9.17) is 9.84 Å². The minimum absolute atomic E-state index is 0.0282. The van der Waals surface area contributed by atoms with Crippen LogP contribution in [0.1, 0.15) is 50.7 Å². The number of hydrogen-bond donors (Lipinski definition) is 3. The molecule has 0 aromatic heterocycles. The average Bonchev–Trinajstić information content (AvgIpc) is 2.76. The van der Waals surface area contributed by atoms with Gasteiger partial charge in [0.05, 0.1) is 19.1 Å². The Labute approximate surface area is 184 Å². The van der Waals surface area contributed by atoms with Crippen molar-refractivity contribution >= 4 is 17.8 Å². The third-order valence-corrected chi connectivity index (χ3v) is 4.63. The van der Waals surface area contributed by atoms with Crippen molar-refractivity contribution in [1.82, 2.24) is 10.6 Å². The highest BCUT2D eigenvalue weighted by molar-refractivity contribution is 5.86. The molecule has 3 atom stereocenters. The molecule has 7 heteroatoms. The van der Waals surface area contributed by atoms with E-state index in [0.717, 1.165) is 12.0 Å². The zero-order valence-electron chi connectivity index (χ0n) is 18.2. The van der Waals surface area contributed by atoms with Gasteiger partial charge in [0.2, 0.25) is 11.8 Å². The molecule has 2 amide bonds.